The number of nitrogens with one attached hydrogen (secondary N) is 1. The first-order chi connectivity index (χ1) is 12.1. The van der Waals surface area contributed by atoms with Gasteiger partial charge in [-0.1, -0.05) is 65.7 Å². The molecule has 0 unspecified atom stereocenters. The van der Waals surface area contributed by atoms with Gasteiger partial charge in [-0.15, -0.1) is 0 Å². The van der Waals surface area contributed by atoms with Gasteiger partial charge in [-0.25, -0.2) is 0 Å². The molecule has 0 aliphatic carbocycles. The molecule has 0 radical (unpaired) electrons. The number of aromatic amines is 1. The van der Waals surface area contributed by atoms with Crippen LogP contribution in [0.4, 0.5) is 0 Å². The number of hydrogen-bond acceptors (Lipinski definition) is 2. The Kier molecular flexibility index (Phi) is 4.34. The molecule has 25 heavy (non-hydrogen) atoms. The lowest BCUT2D eigenvalue weighted by Gasteiger charge is -2.10. The van der Waals surface area contributed by atoms with E-state index in [-0.39, 0.29) is 0 Å². The van der Waals surface area contributed by atoms with E-state index in [2.05, 4.69) is 40.5 Å². The van der Waals surface area contributed by atoms with Gasteiger partial charge >= 0.3 is 0 Å². The first-order valence-corrected chi connectivity index (χ1v) is 8.88. The largest absolute Gasteiger partial charge is 0.270 e. The lowest BCUT2D eigenvalue weighted by molar-refractivity contribution is 0.906. The van der Waals surface area contributed by atoms with E-state index >= 15 is 0 Å². The highest BCUT2D eigenvalue weighted by molar-refractivity contribution is 7.71. The van der Waals surface area contributed by atoms with Gasteiger partial charge in [0.25, 0.3) is 0 Å². The SMILES string of the molecule is S=c1[nH]nc(Cc2cccc3ccccc23)n1-c1ccc(Cl)cc1Cl. The molecule has 4 rings (SSSR count). The van der Waals surface area contributed by atoms with E-state index in [4.69, 9.17) is 35.4 Å². The second-order valence-corrected chi connectivity index (χ2v) is 6.92. The summed E-state index contributed by atoms with van der Waals surface area (Å²) in [6.45, 7) is 0. The molecule has 0 saturated carbocycles. The fraction of sp³-hybridized carbons (Fsp3) is 0.0526. The van der Waals surface area contributed by atoms with Crippen LogP contribution in [0.5, 0.6) is 0 Å². The molecule has 0 spiro atoms. The van der Waals surface area contributed by atoms with Gasteiger partial charge in [0.15, 0.2) is 4.77 Å². The summed E-state index contributed by atoms with van der Waals surface area (Å²) >= 11 is 17.8. The maximum absolute atomic E-state index is 6.37. The zero-order chi connectivity index (χ0) is 17.4. The Labute approximate surface area is 159 Å². The average Bonchev–Trinajstić information content (AvgIpc) is 2.96. The molecule has 0 aliphatic heterocycles. The molecule has 3 nitrogen and oxygen atoms in total. The van der Waals surface area contributed by atoms with Crippen molar-refractivity contribution < 1.29 is 0 Å². The summed E-state index contributed by atoms with van der Waals surface area (Å²) in [6.07, 6.45) is 0.632. The van der Waals surface area contributed by atoms with Crippen LogP contribution in [0.25, 0.3) is 16.5 Å². The third kappa shape index (κ3) is 3.09. The Balaban J connectivity index is 1.84. The minimum Gasteiger partial charge on any atom is -0.270 e. The number of halogens is 2. The first kappa shape index (κ1) is 16.3. The van der Waals surface area contributed by atoms with Crippen molar-refractivity contribution >= 4 is 46.2 Å². The van der Waals surface area contributed by atoms with Crippen LogP contribution in [0.15, 0.2) is 60.7 Å². The van der Waals surface area contributed by atoms with Crippen molar-refractivity contribution in [1.82, 2.24) is 14.8 Å². The van der Waals surface area contributed by atoms with Crippen molar-refractivity contribution in [3.8, 4) is 5.69 Å². The Hall–Kier alpha value is -2.14. The van der Waals surface area contributed by atoms with E-state index in [0.717, 1.165) is 11.5 Å². The predicted octanol–water partition coefficient (Wildman–Crippen LogP) is 5.98. The summed E-state index contributed by atoms with van der Waals surface area (Å²) in [5.74, 6) is 0.797. The molecule has 124 valence electrons. The van der Waals surface area contributed by atoms with E-state index in [0.29, 0.717) is 21.2 Å². The summed E-state index contributed by atoms with van der Waals surface area (Å²) in [7, 11) is 0. The molecule has 3 aromatic carbocycles. The third-order valence-electron chi connectivity index (χ3n) is 4.12. The number of aromatic nitrogens is 3. The molecular formula is C19H13Cl2N3S. The Morgan fingerprint density at radius 2 is 1.80 bits per heavy atom. The van der Waals surface area contributed by atoms with Crippen LogP contribution in [0.2, 0.25) is 10.0 Å². The van der Waals surface area contributed by atoms with E-state index < -0.39 is 0 Å². The van der Waals surface area contributed by atoms with Crippen molar-refractivity contribution in [3.05, 3.63) is 86.9 Å². The number of hydrogen-bond donors (Lipinski definition) is 1. The van der Waals surface area contributed by atoms with Crippen molar-refractivity contribution in [2.24, 2.45) is 0 Å². The van der Waals surface area contributed by atoms with Gasteiger partial charge in [0, 0.05) is 11.4 Å². The van der Waals surface area contributed by atoms with Gasteiger partial charge < -0.3 is 0 Å². The van der Waals surface area contributed by atoms with Crippen LogP contribution in [0.1, 0.15) is 11.4 Å². The van der Waals surface area contributed by atoms with Crippen molar-refractivity contribution in [2.75, 3.05) is 0 Å². The van der Waals surface area contributed by atoms with Gasteiger partial charge in [0.05, 0.1) is 10.7 Å². The molecule has 0 aliphatic rings. The summed E-state index contributed by atoms with van der Waals surface area (Å²) in [5.41, 5.74) is 1.94. The van der Waals surface area contributed by atoms with Crippen LogP contribution in [0, 0.1) is 4.77 Å². The zero-order valence-electron chi connectivity index (χ0n) is 13.0. The average molecular weight is 386 g/mol. The third-order valence-corrected chi connectivity index (χ3v) is 4.93. The van der Waals surface area contributed by atoms with Crippen LogP contribution in [0.3, 0.4) is 0 Å². The minimum absolute atomic E-state index is 0.499. The van der Waals surface area contributed by atoms with Gasteiger partial charge in [-0.05, 0) is 46.8 Å². The number of nitrogens with zero attached hydrogens (tertiary/aromatic N) is 2. The Morgan fingerprint density at radius 3 is 2.64 bits per heavy atom. The maximum atomic E-state index is 6.37. The molecule has 0 fully saturated rings. The number of H-pyrrole nitrogens is 1. The number of benzene rings is 3. The summed E-state index contributed by atoms with van der Waals surface area (Å²) in [6, 6.07) is 19.9. The second-order valence-electron chi connectivity index (χ2n) is 5.69. The lowest BCUT2D eigenvalue weighted by Crippen LogP contribution is -2.03. The fourth-order valence-corrected chi connectivity index (χ4v) is 3.72. The van der Waals surface area contributed by atoms with Gasteiger partial charge in [-0.2, -0.15) is 5.10 Å². The molecular weight excluding hydrogens is 373 g/mol. The van der Waals surface area contributed by atoms with Crippen molar-refractivity contribution in [1.29, 1.82) is 0 Å². The zero-order valence-corrected chi connectivity index (χ0v) is 15.4. The topological polar surface area (TPSA) is 33.6 Å². The minimum atomic E-state index is 0.499. The molecule has 0 amide bonds. The van der Waals surface area contributed by atoms with Crippen LogP contribution >= 0.6 is 35.4 Å². The van der Waals surface area contributed by atoms with Gasteiger partial charge in [0.2, 0.25) is 0 Å². The highest BCUT2D eigenvalue weighted by Crippen LogP contribution is 2.27. The van der Waals surface area contributed by atoms with Gasteiger partial charge in [-0.3, -0.25) is 9.67 Å². The monoisotopic (exact) mass is 385 g/mol. The molecule has 1 aromatic heterocycles. The van der Waals surface area contributed by atoms with E-state index in [1.165, 1.54) is 16.3 Å². The predicted molar refractivity (Wildman–Crippen MR) is 106 cm³/mol. The standard InChI is InChI=1S/C19H13Cl2N3S/c20-14-8-9-17(16(21)11-14)24-18(22-23-19(24)25)10-13-6-3-5-12-4-1-2-7-15(12)13/h1-9,11H,10H2,(H,23,25). The molecule has 0 atom stereocenters. The fourth-order valence-electron chi connectivity index (χ4n) is 2.98. The molecule has 1 N–H and O–H groups in total. The Morgan fingerprint density at radius 1 is 1.00 bits per heavy atom. The molecule has 4 aromatic rings. The molecule has 6 heteroatoms. The highest BCUT2D eigenvalue weighted by Gasteiger charge is 2.13. The van der Waals surface area contributed by atoms with Crippen molar-refractivity contribution in [3.63, 3.8) is 0 Å². The van der Waals surface area contributed by atoms with E-state index in [9.17, 15) is 0 Å². The Bertz CT molecular complexity index is 1130. The second kappa shape index (κ2) is 6.64. The molecule has 0 saturated heterocycles. The molecule has 1 heterocycles. The first-order valence-electron chi connectivity index (χ1n) is 7.72. The van der Waals surface area contributed by atoms with Crippen molar-refractivity contribution in [2.45, 2.75) is 6.42 Å². The van der Waals surface area contributed by atoms with Crippen LogP contribution in [-0.2, 0) is 6.42 Å². The molecule has 0 bridgehead atoms. The van der Waals surface area contributed by atoms with Crippen LogP contribution in [-0.4, -0.2) is 14.8 Å². The van der Waals surface area contributed by atoms with Crippen LogP contribution < -0.4 is 0 Å². The summed E-state index contributed by atoms with van der Waals surface area (Å²) in [4.78, 5) is 0. The highest BCUT2D eigenvalue weighted by atomic mass is 35.5. The van der Waals surface area contributed by atoms with Gasteiger partial charge in [0.1, 0.15) is 5.82 Å². The maximum Gasteiger partial charge on any atom is 0.199 e. The lowest BCUT2D eigenvalue weighted by atomic mass is 10.0. The van der Waals surface area contributed by atoms with E-state index in [1.54, 1.807) is 12.1 Å². The van der Waals surface area contributed by atoms with E-state index in [1.807, 2.05) is 22.8 Å². The summed E-state index contributed by atoms with van der Waals surface area (Å²) < 4.78 is 2.36. The number of rotatable bonds is 3. The number of fused-ring (bicyclic) bond motifs is 1. The smallest absolute Gasteiger partial charge is 0.199 e. The normalized spacial score (nSPS) is 11.1. The quantitative estimate of drug-likeness (QED) is 0.440. The summed E-state index contributed by atoms with van der Waals surface area (Å²) in [5, 5.41) is 10.8.